The molecule has 2 bridgehead atoms. The van der Waals surface area contributed by atoms with Crippen LogP contribution in [0.4, 0.5) is 22.0 Å². The Hall–Kier alpha value is -2.57. The molecule has 5 heterocycles. The molecule has 5 rings (SSSR count). The zero-order chi connectivity index (χ0) is 25.4. The van der Waals surface area contributed by atoms with Gasteiger partial charge in [-0.1, -0.05) is 12.5 Å². The lowest BCUT2D eigenvalue weighted by molar-refractivity contribution is 0.109. The maximum absolute atomic E-state index is 15.6. The van der Waals surface area contributed by atoms with E-state index in [0.717, 1.165) is 30.5 Å². The van der Waals surface area contributed by atoms with Crippen LogP contribution in [-0.2, 0) is 14.8 Å². The number of nitrogens with zero attached hydrogens (tertiary/aromatic N) is 5. The summed E-state index contributed by atoms with van der Waals surface area (Å²) in [6.45, 7) is 4.50. The number of H-pyrrole nitrogens is 1. The second kappa shape index (κ2) is 10.1. The zero-order valence-electron chi connectivity index (χ0n) is 21.0. The number of nitrogens with one attached hydrogen (secondary N) is 2. The van der Waals surface area contributed by atoms with Gasteiger partial charge in [-0.2, -0.15) is 14.4 Å². The highest BCUT2D eigenvalue weighted by Crippen LogP contribution is 2.39. The normalized spacial score (nSPS) is 24.9. The molecule has 2 fully saturated rings. The lowest BCUT2D eigenvalue weighted by atomic mass is 9.83. The largest absolute Gasteiger partial charge is 0.377 e. The summed E-state index contributed by atoms with van der Waals surface area (Å²) in [5, 5.41) is 10.0. The first-order valence-corrected chi connectivity index (χ1v) is 14.3. The number of aryl methyl sites for hydroxylation is 1. The highest BCUT2D eigenvalue weighted by atomic mass is 32.2. The average molecular weight is 520 g/mol. The van der Waals surface area contributed by atoms with Crippen LogP contribution in [-0.4, -0.2) is 77.0 Å². The highest BCUT2D eigenvalue weighted by Gasteiger charge is 2.45. The smallest absolute Gasteiger partial charge is 0.228 e. The molecule has 2 aromatic heterocycles. The lowest BCUT2D eigenvalue weighted by Crippen LogP contribution is -2.58. The van der Waals surface area contributed by atoms with E-state index in [1.165, 1.54) is 0 Å². The molecule has 12 heteroatoms. The molecule has 196 valence electrons. The Morgan fingerprint density at radius 2 is 2.03 bits per heavy atom. The number of hydrogen-bond acceptors (Lipinski definition) is 8. The summed E-state index contributed by atoms with van der Waals surface area (Å²) in [7, 11) is -1.35. The Balaban J connectivity index is 1.48. The Bertz CT molecular complexity index is 1230. The quantitative estimate of drug-likeness (QED) is 0.572. The van der Waals surface area contributed by atoms with Crippen LogP contribution in [0.3, 0.4) is 0 Å². The van der Waals surface area contributed by atoms with Crippen LogP contribution in [0.1, 0.15) is 56.8 Å². The second-order valence-electron chi connectivity index (χ2n) is 9.86. The van der Waals surface area contributed by atoms with Crippen molar-refractivity contribution in [3.63, 3.8) is 0 Å². The van der Waals surface area contributed by atoms with Crippen molar-refractivity contribution in [1.82, 2.24) is 24.5 Å². The summed E-state index contributed by atoms with van der Waals surface area (Å²) < 4.78 is 48.4. The molecule has 3 aliphatic heterocycles. The summed E-state index contributed by atoms with van der Waals surface area (Å²) in [4.78, 5) is 11.2. The maximum atomic E-state index is 15.6. The molecule has 2 N–H and O–H groups in total. The molecule has 3 atom stereocenters. The van der Waals surface area contributed by atoms with Gasteiger partial charge in [0.2, 0.25) is 16.0 Å². The molecule has 10 nitrogen and oxygen atoms in total. The number of anilines is 3. The summed E-state index contributed by atoms with van der Waals surface area (Å²) in [5.74, 6) is 0.529. The third-order valence-electron chi connectivity index (χ3n) is 7.49. The van der Waals surface area contributed by atoms with Crippen LogP contribution in [0.25, 0.3) is 5.57 Å². The molecule has 2 saturated heterocycles. The average Bonchev–Trinajstić information content (AvgIpc) is 3.28. The van der Waals surface area contributed by atoms with Gasteiger partial charge >= 0.3 is 0 Å². The van der Waals surface area contributed by atoms with Gasteiger partial charge < -0.3 is 15.0 Å². The summed E-state index contributed by atoms with van der Waals surface area (Å²) in [6.07, 6.45) is 6.56. The van der Waals surface area contributed by atoms with Crippen LogP contribution in [0.2, 0.25) is 0 Å². The Kier molecular flexibility index (Phi) is 7.01. The van der Waals surface area contributed by atoms with Crippen molar-refractivity contribution >= 4 is 33.2 Å². The topological polar surface area (TPSA) is 116 Å². The predicted molar refractivity (Wildman–Crippen MR) is 136 cm³/mol. The first-order chi connectivity index (χ1) is 17.3. The van der Waals surface area contributed by atoms with Crippen molar-refractivity contribution in [3.05, 3.63) is 29.3 Å². The monoisotopic (exact) mass is 519 g/mol. The van der Waals surface area contributed by atoms with Crippen molar-refractivity contribution in [1.29, 1.82) is 0 Å². The van der Waals surface area contributed by atoms with E-state index in [1.807, 2.05) is 24.9 Å². The molecule has 0 aliphatic carbocycles. The fourth-order valence-corrected chi connectivity index (χ4v) is 7.22. The van der Waals surface area contributed by atoms with Crippen molar-refractivity contribution < 1.29 is 17.5 Å². The van der Waals surface area contributed by atoms with Gasteiger partial charge in [0.15, 0.2) is 17.5 Å². The van der Waals surface area contributed by atoms with Gasteiger partial charge in [0.1, 0.15) is 5.69 Å². The molecule has 0 spiro atoms. The number of sulfonamides is 1. The summed E-state index contributed by atoms with van der Waals surface area (Å²) in [6, 6.07) is 1.77. The molecule has 0 amide bonds. The van der Waals surface area contributed by atoms with Crippen molar-refractivity contribution in [2.75, 3.05) is 36.2 Å². The minimum absolute atomic E-state index is 0.0300. The molecular formula is C24H34FN7O3S. The van der Waals surface area contributed by atoms with E-state index in [4.69, 9.17) is 4.74 Å². The zero-order valence-corrected chi connectivity index (χ0v) is 21.8. The van der Waals surface area contributed by atoms with Crippen LogP contribution in [0.5, 0.6) is 0 Å². The van der Waals surface area contributed by atoms with Crippen molar-refractivity contribution in [2.45, 2.75) is 70.5 Å². The molecule has 36 heavy (non-hydrogen) atoms. The van der Waals surface area contributed by atoms with Crippen LogP contribution < -0.4 is 10.2 Å². The van der Waals surface area contributed by atoms with E-state index in [0.29, 0.717) is 44.2 Å². The van der Waals surface area contributed by atoms with Crippen LogP contribution in [0, 0.1) is 12.7 Å². The highest BCUT2D eigenvalue weighted by molar-refractivity contribution is 7.89. The predicted octanol–water partition coefficient (Wildman–Crippen LogP) is 3.37. The third kappa shape index (κ3) is 4.85. The molecule has 0 aromatic carbocycles. The molecular weight excluding hydrogens is 485 g/mol. The van der Waals surface area contributed by atoms with Crippen LogP contribution in [0.15, 0.2) is 12.1 Å². The van der Waals surface area contributed by atoms with Gasteiger partial charge in [0.05, 0.1) is 19.0 Å². The van der Waals surface area contributed by atoms with E-state index < -0.39 is 15.8 Å². The van der Waals surface area contributed by atoms with E-state index >= 15 is 4.39 Å². The molecule has 3 aliphatic rings. The number of halogens is 1. The SMILES string of the molecule is CCS(=O)(=O)N1[C@@H]2CCC[C@H]1CC(N(C)c1nc(Nc3cc(C)[nH]n3)c(F)c(C3=CCOCC3)n1)C2. The van der Waals surface area contributed by atoms with Gasteiger partial charge in [0.25, 0.3) is 0 Å². The number of rotatable bonds is 7. The summed E-state index contributed by atoms with van der Waals surface area (Å²) in [5.41, 5.74) is 1.89. The Labute approximate surface area is 211 Å². The van der Waals surface area contributed by atoms with Gasteiger partial charge in [-0.15, -0.1) is 0 Å². The number of aromatic nitrogens is 4. The Morgan fingerprint density at radius 1 is 1.28 bits per heavy atom. The molecule has 0 radical (unpaired) electrons. The van der Waals surface area contributed by atoms with E-state index in [2.05, 4.69) is 25.5 Å². The number of ether oxygens (including phenoxy) is 1. The van der Waals surface area contributed by atoms with Gasteiger partial charge in [-0.3, -0.25) is 5.10 Å². The fraction of sp³-hybridized carbons (Fsp3) is 0.625. The minimum atomic E-state index is -3.27. The standard InChI is InChI=1S/C24H34FN7O3S/c1-4-36(33,34)32-17-6-5-7-18(32)14-19(13-17)31(3)24-27-22(16-8-10-35-11-9-16)21(25)23(28-24)26-20-12-15(2)29-30-20/h8,12,17-19H,4-7,9-11,13-14H2,1-3H3,(H2,26,27,28,29,30)/t17-,18+,19?. The van der Waals surface area contributed by atoms with E-state index in [-0.39, 0.29) is 35.4 Å². The number of piperidine rings is 2. The van der Waals surface area contributed by atoms with Crippen molar-refractivity contribution in [2.24, 2.45) is 0 Å². The third-order valence-corrected chi connectivity index (χ3v) is 9.46. The Morgan fingerprint density at radius 3 is 2.64 bits per heavy atom. The maximum Gasteiger partial charge on any atom is 0.228 e. The molecule has 2 aromatic rings. The van der Waals surface area contributed by atoms with Gasteiger partial charge in [0, 0.05) is 36.9 Å². The summed E-state index contributed by atoms with van der Waals surface area (Å²) >= 11 is 0. The van der Waals surface area contributed by atoms with E-state index in [9.17, 15) is 8.42 Å². The second-order valence-corrected chi connectivity index (χ2v) is 12.0. The molecule has 0 saturated carbocycles. The lowest BCUT2D eigenvalue weighted by Gasteiger charge is -2.49. The fourth-order valence-electron chi connectivity index (χ4n) is 5.63. The minimum Gasteiger partial charge on any atom is -0.377 e. The first-order valence-electron chi connectivity index (χ1n) is 12.6. The van der Waals surface area contributed by atoms with Gasteiger partial charge in [-0.05, 0) is 51.5 Å². The van der Waals surface area contributed by atoms with Crippen LogP contribution >= 0.6 is 0 Å². The number of fused-ring (bicyclic) bond motifs is 2. The molecule has 1 unspecified atom stereocenters. The van der Waals surface area contributed by atoms with Crippen molar-refractivity contribution in [3.8, 4) is 0 Å². The van der Waals surface area contributed by atoms with E-state index in [1.54, 1.807) is 17.3 Å². The number of aromatic amines is 1. The number of hydrogen-bond donors (Lipinski definition) is 2. The first kappa shape index (κ1) is 25.1. The van der Waals surface area contributed by atoms with Gasteiger partial charge in [-0.25, -0.2) is 17.8 Å².